The minimum absolute atomic E-state index is 0.855. The molecule has 0 spiro atoms. The first-order valence-electron chi connectivity index (χ1n) is 8.06. The molecule has 3 rings (SSSR count). The highest BCUT2D eigenvalue weighted by Crippen LogP contribution is 2.28. The minimum Gasteiger partial charge on any atom is -0.379 e. The van der Waals surface area contributed by atoms with E-state index in [2.05, 4.69) is 76.3 Å². The number of hydrogen-bond donors (Lipinski definition) is 0. The van der Waals surface area contributed by atoms with E-state index in [0.29, 0.717) is 0 Å². The zero-order valence-corrected chi connectivity index (χ0v) is 15.1. The molecule has 0 N–H and O–H groups in total. The highest BCUT2D eigenvalue weighted by atomic mass is 79.9. The summed E-state index contributed by atoms with van der Waals surface area (Å²) in [6.45, 7) is 6.96. The van der Waals surface area contributed by atoms with Crippen molar-refractivity contribution in [3.05, 3.63) is 64.6 Å². The molecule has 120 valence electrons. The maximum absolute atomic E-state index is 5.39. The van der Waals surface area contributed by atoms with Crippen LogP contribution >= 0.6 is 15.9 Å². The van der Waals surface area contributed by atoms with Crippen molar-refractivity contribution >= 4 is 21.5 Å². The maximum atomic E-state index is 5.39. The van der Waals surface area contributed by atoms with E-state index in [0.717, 1.165) is 37.3 Å². The van der Waals surface area contributed by atoms with Crippen molar-refractivity contribution in [2.75, 3.05) is 32.8 Å². The van der Waals surface area contributed by atoms with E-state index in [4.69, 9.17) is 4.74 Å². The normalized spacial score (nSPS) is 16.5. The summed E-state index contributed by atoms with van der Waals surface area (Å²) in [5.41, 5.74) is 5.08. The third kappa shape index (κ3) is 4.31. The summed E-state index contributed by atoms with van der Waals surface area (Å²) in [7, 11) is 0. The number of nitrogens with zero attached hydrogens (tertiary/aromatic N) is 1. The summed E-state index contributed by atoms with van der Waals surface area (Å²) in [6, 6.07) is 17.1. The summed E-state index contributed by atoms with van der Waals surface area (Å²) in [6.07, 6.45) is 2.32. The number of morpholine rings is 1. The quantitative estimate of drug-likeness (QED) is 0.761. The van der Waals surface area contributed by atoms with Gasteiger partial charge in [0.1, 0.15) is 0 Å². The Morgan fingerprint density at radius 2 is 1.78 bits per heavy atom. The number of allylic oxidation sites excluding steroid dienone is 1. The maximum Gasteiger partial charge on any atom is 0.0594 e. The molecule has 1 heterocycles. The van der Waals surface area contributed by atoms with Gasteiger partial charge >= 0.3 is 0 Å². The van der Waals surface area contributed by atoms with Crippen LogP contribution in [-0.4, -0.2) is 37.7 Å². The highest BCUT2D eigenvalue weighted by molar-refractivity contribution is 9.10. The molecule has 0 saturated carbocycles. The second-order valence-corrected chi connectivity index (χ2v) is 6.71. The van der Waals surface area contributed by atoms with Gasteiger partial charge in [0.05, 0.1) is 13.2 Å². The van der Waals surface area contributed by atoms with Crippen LogP contribution < -0.4 is 0 Å². The Kier molecular flexibility index (Phi) is 5.65. The van der Waals surface area contributed by atoms with E-state index in [1.165, 1.54) is 22.3 Å². The Bertz CT molecular complexity index is 672. The molecule has 2 aromatic carbocycles. The zero-order chi connectivity index (χ0) is 16.1. The lowest BCUT2D eigenvalue weighted by molar-refractivity contribution is 0.0435. The van der Waals surface area contributed by atoms with Gasteiger partial charge in [-0.05, 0) is 35.3 Å². The lowest BCUT2D eigenvalue weighted by Crippen LogP contribution is -2.36. The molecule has 0 aromatic heterocycles. The highest BCUT2D eigenvalue weighted by Gasteiger charge is 2.08. The fourth-order valence-electron chi connectivity index (χ4n) is 2.78. The molecule has 0 atom stereocenters. The second kappa shape index (κ2) is 7.91. The van der Waals surface area contributed by atoms with E-state index in [9.17, 15) is 0 Å². The topological polar surface area (TPSA) is 12.5 Å². The Balaban J connectivity index is 1.70. The number of hydrogen-bond acceptors (Lipinski definition) is 2. The smallest absolute Gasteiger partial charge is 0.0594 e. The van der Waals surface area contributed by atoms with Crippen molar-refractivity contribution in [3.8, 4) is 11.1 Å². The van der Waals surface area contributed by atoms with Gasteiger partial charge in [0, 0.05) is 24.1 Å². The van der Waals surface area contributed by atoms with Crippen LogP contribution in [0.5, 0.6) is 0 Å². The van der Waals surface area contributed by atoms with Gasteiger partial charge in [0.15, 0.2) is 0 Å². The fourth-order valence-corrected chi connectivity index (χ4v) is 3.29. The van der Waals surface area contributed by atoms with Crippen LogP contribution in [0.2, 0.25) is 0 Å². The van der Waals surface area contributed by atoms with Gasteiger partial charge < -0.3 is 4.74 Å². The molecule has 23 heavy (non-hydrogen) atoms. The lowest BCUT2D eigenvalue weighted by atomic mass is 10.0. The van der Waals surface area contributed by atoms with Crippen LogP contribution in [-0.2, 0) is 4.74 Å². The molecule has 0 unspecified atom stereocenters. The number of ether oxygens (including phenoxy) is 1. The molecule has 0 aliphatic carbocycles. The Morgan fingerprint density at radius 3 is 2.48 bits per heavy atom. The van der Waals surface area contributed by atoms with Gasteiger partial charge in [0.25, 0.3) is 0 Å². The predicted octanol–water partition coefficient (Wildman–Crippen LogP) is 4.85. The Hall–Kier alpha value is -1.42. The number of rotatable bonds is 4. The summed E-state index contributed by atoms with van der Waals surface area (Å²) in [4.78, 5) is 2.43. The van der Waals surface area contributed by atoms with E-state index in [1.807, 2.05) is 6.07 Å². The average Bonchev–Trinajstić information content (AvgIpc) is 2.61. The van der Waals surface area contributed by atoms with E-state index in [-0.39, 0.29) is 0 Å². The molecule has 2 nitrogen and oxygen atoms in total. The molecule has 1 fully saturated rings. The average molecular weight is 372 g/mol. The third-order valence-corrected chi connectivity index (χ3v) is 4.98. The monoisotopic (exact) mass is 371 g/mol. The van der Waals surface area contributed by atoms with Gasteiger partial charge in [-0.2, -0.15) is 0 Å². The van der Waals surface area contributed by atoms with Gasteiger partial charge in [-0.1, -0.05) is 64.5 Å². The summed E-state index contributed by atoms with van der Waals surface area (Å²) < 4.78 is 6.52. The van der Waals surface area contributed by atoms with Crippen LogP contribution in [0.4, 0.5) is 0 Å². The largest absolute Gasteiger partial charge is 0.379 e. The molecule has 0 radical (unpaired) electrons. The fraction of sp³-hybridized carbons (Fsp3) is 0.300. The predicted molar refractivity (Wildman–Crippen MR) is 100 cm³/mol. The lowest BCUT2D eigenvalue weighted by Gasteiger charge is -2.25. The van der Waals surface area contributed by atoms with Gasteiger partial charge in [-0.15, -0.1) is 0 Å². The van der Waals surface area contributed by atoms with Crippen LogP contribution in [0.3, 0.4) is 0 Å². The van der Waals surface area contributed by atoms with Crippen molar-refractivity contribution in [1.82, 2.24) is 4.90 Å². The van der Waals surface area contributed by atoms with Crippen LogP contribution in [0, 0.1) is 0 Å². The first-order chi connectivity index (χ1) is 11.2. The Labute approximate surface area is 146 Å². The van der Waals surface area contributed by atoms with E-state index >= 15 is 0 Å². The summed E-state index contributed by atoms with van der Waals surface area (Å²) >= 11 is 3.62. The molecule has 2 aromatic rings. The minimum atomic E-state index is 0.855. The molecule has 1 saturated heterocycles. The van der Waals surface area contributed by atoms with Gasteiger partial charge in [-0.3, -0.25) is 4.90 Å². The van der Waals surface area contributed by atoms with Crippen molar-refractivity contribution in [2.45, 2.75) is 6.92 Å². The molecule has 3 heteroatoms. The summed E-state index contributed by atoms with van der Waals surface area (Å²) in [5, 5.41) is 0. The second-order valence-electron chi connectivity index (χ2n) is 5.86. The van der Waals surface area contributed by atoms with Crippen LogP contribution in [0.25, 0.3) is 16.7 Å². The Morgan fingerprint density at radius 1 is 1.09 bits per heavy atom. The van der Waals surface area contributed by atoms with Crippen molar-refractivity contribution in [2.24, 2.45) is 0 Å². The van der Waals surface area contributed by atoms with Crippen molar-refractivity contribution in [1.29, 1.82) is 0 Å². The first kappa shape index (κ1) is 16.4. The first-order valence-corrected chi connectivity index (χ1v) is 8.85. The number of benzene rings is 2. The molecular formula is C20H22BrNO. The van der Waals surface area contributed by atoms with Gasteiger partial charge in [-0.25, -0.2) is 0 Å². The van der Waals surface area contributed by atoms with Crippen LogP contribution in [0.15, 0.2) is 59.1 Å². The standard InChI is InChI=1S/C20H22BrNO/c1-16(10-11-22-12-14-23-15-13-22)17-6-8-18(9-7-17)19-4-2-3-5-20(19)21/h2-10H,11-15H2,1H3/b16-10-. The molecule has 0 amide bonds. The van der Waals surface area contributed by atoms with E-state index in [1.54, 1.807) is 0 Å². The molecular weight excluding hydrogens is 350 g/mol. The SMILES string of the molecule is C/C(=C/CN1CCOCC1)c1ccc(-c2ccccc2Br)cc1. The summed E-state index contributed by atoms with van der Waals surface area (Å²) in [5.74, 6) is 0. The van der Waals surface area contributed by atoms with Crippen LogP contribution in [0.1, 0.15) is 12.5 Å². The van der Waals surface area contributed by atoms with Crippen molar-refractivity contribution < 1.29 is 4.74 Å². The number of halogens is 1. The molecule has 1 aliphatic rings. The van der Waals surface area contributed by atoms with Crippen molar-refractivity contribution in [3.63, 3.8) is 0 Å². The van der Waals surface area contributed by atoms with Gasteiger partial charge in [0.2, 0.25) is 0 Å². The third-order valence-electron chi connectivity index (χ3n) is 4.28. The molecule has 0 bridgehead atoms. The molecule has 1 aliphatic heterocycles. The zero-order valence-electron chi connectivity index (χ0n) is 13.5. The van der Waals surface area contributed by atoms with E-state index < -0.39 is 0 Å².